The van der Waals surface area contributed by atoms with Gasteiger partial charge in [-0.25, -0.2) is 4.98 Å². The lowest BCUT2D eigenvalue weighted by atomic mass is 10.1. The molecule has 0 atom stereocenters. The molecule has 0 fully saturated rings. The summed E-state index contributed by atoms with van der Waals surface area (Å²) in [5.74, 6) is 1.61. The Morgan fingerprint density at radius 1 is 1.41 bits per heavy atom. The van der Waals surface area contributed by atoms with E-state index < -0.39 is 0 Å². The minimum atomic E-state index is -0.0163. The number of nitrogens with zero attached hydrogens (tertiary/aromatic N) is 2. The van der Waals surface area contributed by atoms with E-state index in [-0.39, 0.29) is 6.61 Å². The second-order valence-corrected chi connectivity index (χ2v) is 3.96. The smallest absolute Gasteiger partial charge is 0.146 e. The van der Waals surface area contributed by atoms with Gasteiger partial charge >= 0.3 is 0 Å². The van der Waals surface area contributed by atoms with Crippen LogP contribution in [-0.2, 0) is 20.3 Å². The molecule has 1 aromatic heterocycles. The molecule has 4 heteroatoms. The second-order valence-electron chi connectivity index (χ2n) is 3.96. The number of aliphatic hydroxyl groups excluding tert-OH is 1. The molecule has 0 spiro atoms. The van der Waals surface area contributed by atoms with Crippen LogP contribution in [0.15, 0.2) is 30.6 Å². The lowest BCUT2D eigenvalue weighted by Gasteiger charge is -2.12. The Labute approximate surface area is 100 Å². The monoisotopic (exact) mass is 232 g/mol. The predicted octanol–water partition coefficient (Wildman–Crippen LogP) is 1.80. The Morgan fingerprint density at radius 3 is 2.88 bits per heavy atom. The maximum atomic E-state index is 9.25. The summed E-state index contributed by atoms with van der Waals surface area (Å²) in [6, 6.07) is 5.74. The average Bonchev–Trinajstić information content (AvgIpc) is 2.73. The van der Waals surface area contributed by atoms with Gasteiger partial charge in [-0.05, 0) is 12.5 Å². The Hall–Kier alpha value is -1.81. The third-order valence-corrected chi connectivity index (χ3v) is 2.73. The molecule has 2 aromatic rings. The van der Waals surface area contributed by atoms with Crippen LogP contribution in [-0.4, -0.2) is 14.7 Å². The summed E-state index contributed by atoms with van der Waals surface area (Å²) in [6.45, 7) is 2.35. The number of benzene rings is 1. The first kappa shape index (κ1) is 11.7. The Morgan fingerprint density at radius 2 is 2.24 bits per heavy atom. The molecule has 0 aliphatic carbocycles. The van der Waals surface area contributed by atoms with Gasteiger partial charge in [-0.15, -0.1) is 0 Å². The fraction of sp³-hybridized carbons (Fsp3) is 0.308. The van der Waals surface area contributed by atoms with Crippen molar-refractivity contribution in [1.29, 1.82) is 0 Å². The maximum Gasteiger partial charge on any atom is 0.146 e. The van der Waals surface area contributed by atoms with Gasteiger partial charge in [0, 0.05) is 25.0 Å². The van der Waals surface area contributed by atoms with Crippen LogP contribution in [0.1, 0.15) is 17.0 Å². The molecule has 0 radical (unpaired) electrons. The van der Waals surface area contributed by atoms with Crippen molar-refractivity contribution >= 4 is 0 Å². The van der Waals surface area contributed by atoms with Crippen LogP contribution >= 0.6 is 0 Å². The molecule has 0 saturated carbocycles. The molecule has 0 aliphatic rings. The van der Waals surface area contributed by atoms with Crippen molar-refractivity contribution in [1.82, 2.24) is 9.55 Å². The van der Waals surface area contributed by atoms with E-state index in [2.05, 4.69) is 4.98 Å². The van der Waals surface area contributed by atoms with Gasteiger partial charge in [-0.2, -0.15) is 0 Å². The molecule has 90 valence electrons. The largest absolute Gasteiger partial charge is 0.485 e. The van der Waals surface area contributed by atoms with Gasteiger partial charge in [0.15, 0.2) is 0 Å². The van der Waals surface area contributed by atoms with Gasteiger partial charge in [0.25, 0.3) is 0 Å². The summed E-state index contributed by atoms with van der Waals surface area (Å²) < 4.78 is 7.65. The molecule has 0 bridgehead atoms. The summed E-state index contributed by atoms with van der Waals surface area (Å²) in [6.07, 6.45) is 3.62. The molecule has 2 rings (SSSR count). The highest BCUT2D eigenvalue weighted by Crippen LogP contribution is 2.24. The summed E-state index contributed by atoms with van der Waals surface area (Å²) in [7, 11) is 1.93. The first-order valence-corrected chi connectivity index (χ1v) is 5.50. The fourth-order valence-electron chi connectivity index (χ4n) is 1.72. The van der Waals surface area contributed by atoms with E-state index >= 15 is 0 Å². The number of hydrogen-bond acceptors (Lipinski definition) is 3. The zero-order chi connectivity index (χ0) is 12.3. The highest BCUT2D eigenvalue weighted by Gasteiger charge is 2.07. The van der Waals surface area contributed by atoms with E-state index in [1.165, 1.54) is 0 Å². The molecule has 0 amide bonds. The number of ether oxygens (including phenoxy) is 1. The van der Waals surface area contributed by atoms with Crippen LogP contribution in [0.5, 0.6) is 5.75 Å². The number of imidazole rings is 1. The van der Waals surface area contributed by atoms with Crippen molar-refractivity contribution in [3.63, 3.8) is 0 Å². The molecule has 4 nitrogen and oxygen atoms in total. The molecule has 0 saturated heterocycles. The van der Waals surface area contributed by atoms with Gasteiger partial charge in [-0.1, -0.05) is 18.2 Å². The molecular weight excluding hydrogens is 216 g/mol. The molecular formula is C13H16N2O2. The van der Waals surface area contributed by atoms with Gasteiger partial charge < -0.3 is 14.4 Å². The molecule has 0 aliphatic heterocycles. The van der Waals surface area contributed by atoms with E-state index in [0.29, 0.717) is 6.61 Å². The van der Waals surface area contributed by atoms with Gasteiger partial charge in [-0.3, -0.25) is 0 Å². The van der Waals surface area contributed by atoms with Crippen molar-refractivity contribution in [2.75, 3.05) is 0 Å². The first-order chi connectivity index (χ1) is 8.22. The van der Waals surface area contributed by atoms with Crippen molar-refractivity contribution in [3.05, 3.63) is 47.5 Å². The second kappa shape index (κ2) is 5.01. The third kappa shape index (κ3) is 2.47. The van der Waals surface area contributed by atoms with Crippen LogP contribution in [0.3, 0.4) is 0 Å². The summed E-state index contributed by atoms with van der Waals surface area (Å²) in [4.78, 5) is 4.19. The quantitative estimate of drug-likeness (QED) is 0.874. The normalized spacial score (nSPS) is 10.5. The Bertz CT molecular complexity index is 506. The molecule has 1 heterocycles. The SMILES string of the molecule is Cc1cccc(CO)c1OCc1nccn1C. The van der Waals surface area contributed by atoms with Gasteiger partial charge in [0.05, 0.1) is 6.61 Å². The predicted molar refractivity (Wildman–Crippen MR) is 64.6 cm³/mol. The standard InChI is InChI=1S/C13H16N2O2/c1-10-4-3-5-11(8-16)13(10)17-9-12-14-6-7-15(12)2/h3-7,16H,8-9H2,1-2H3. The van der Waals surface area contributed by atoms with E-state index in [4.69, 9.17) is 4.74 Å². The molecule has 17 heavy (non-hydrogen) atoms. The topological polar surface area (TPSA) is 47.3 Å². The number of aromatic nitrogens is 2. The Kier molecular flexibility index (Phi) is 3.44. The van der Waals surface area contributed by atoms with Crippen LogP contribution < -0.4 is 4.74 Å². The van der Waals surface area contributed by atoms with E-state index in [1.807, 2.05) is 42.9 Å². The fourth-order valence-corrected chi connectivity index (χ4v) is 1.72. The van der Waals surface area contributed by atoms with Gasteiger partial charge in [0.2, 0.25) is 0 Å². The zero-order valence-electron chi connectivity index (χ0n) is 10.1. The number of aliphatic hydroxyl groups is 1. The summed E-state index contributed by atoms with van der Waals surface area (Å²) in [5.41, 5.74) is 1.82. The number of hydrogen-bond donors (Lipinski definition) is 1. The van der Waals surface area contributed by atoms with E-state index in [9.17, 15) is 5.11 Å². The van der Waals surface area contributed by atoms with Crippen LogP contribution in [0, 0.1) is 6.92 Å². The average molecular weight is 232 g/mol. The third-order valence-electron chi connectivity index (χ3n) is 2.73. The van der Waals surface area contributed by atoms with Crippen molar-refractivity contribution in [3.8, 4) is 5.75 Å². The molecule has 1 N–H and O–H groups in total. The minimum Gasteiger partial charge on any atom is -0.485 e. The summed E-state index contributed by atoms with van der Waals surface area (Å²) >= 11 is 0. The number of aryl methyl sites for hydroxylation is 2. The first-order valence-electron chi connectivity index (χ1n) is 5.50. The lowest BCUT2D eigenvalue weighted by Crippen LogP contribution is -2.05. The minimum absolute atomic E-state index is 0.0163. The summed E-state index contributed by atoms with van der Waals surface area (Å²) in [5, 5.41) is 9.25. The van der Waals surface area contributed by atoms with Crippen molar-refractivity contribution in [2.24, 2.45) is 7.05 Å². The van der Waals surface area contributed by atoms with Crippen molar-refractivity contribution < 1.29 is 9.84 Å². The molecule has 0 unspecified atom stereocenters. The van der Waals surface area contributed by atoms with Crippen molar-refractivity contribution in [2.45, 2.75) is 20.1 Å². The van der Waals surface area contributed by atoms with Crippen LogP contribution in [0.2, 0.25) is 0 Å². The Balaban J connectivity index is 2.16. The molecule has 1 aromatic carbocycles. The number of rotatable bonds is 4. The van der Waals surface area contributed by atoms with Gasteiger partial charge in [0.1, 0.15) is 18.2 Å². The highest BCUT2D eigenvalue weighted by molar-refractivity contribution is 5.40. The lowest BCUT2D eigenvalue weighted by molar-refractivity contribution is 0.253. The highest BCUT2D eigenvalue weighted by atomic mass is 16.5. The van der Waals surface area contributed by atoms with Crippen LogP contribution in [0.4, 0.5) is 0 Å². The van der Waals surface area contributed by atoms with Crippen LogP contribution in [0.25, 0.3) is 0 Å². The maximum absolute atomic E-state index is 9.25. The van der Waals surface area contributed by atoms with E-state index in [1.54, 1.807) is 6.20 Å². The zero-order valence-corrected chi connectivity index (χ0v) is 10.1. The van der Waals surface area contributed by atoms with E-state index in [0.717, 1.165) is 22.7 Å². The number of para-hydroxylation sites is 1.